The van der Waals surface area contributed by atoms with Crippen LogP contribution in [-0.4, -0.2) is 35.7 Å². The van der Waals surface area contributed by atoms with Crippen molar-refractivity contribution in [2.75, 3.05) is 0 Å². The van der Waals surface area contributed by atoms with Crippen LogP contribution in [0.25, 0.3) is 5.70 Å². The minimum absolute atomic E-state index is 0.201. The number of carboxylic acid groups (broad SMARTS) is 1. The SMILES string of the molecule is CC(=O)CCCCC[C@H](NC(=O)c1cccc(C#N)c1)C1=NC=C(c2ccccc2)[NH2+]1.O=C([O-])C(F)(F)F. The molecule has 0 saturated carbocycles. The topological polar surface area (TPSA) is 139 Å². The highest BCUT2D eigenvalue weighted by Gasteiger charge is 2.29. The van der Waals surface area contributed by atoms with E-state index in [2.05, 4.69) is 16.4 Å². The number of carboxylic acids is 1. The van der Waals surface area contributed by atoms with Crippen molar-refractivity contribution in [1.29, 1.82) is 5.26 Å². The molecule has 0 bridgehead atoms. The molecule has 3 N–H and O–H groups in total. The van der Waals surface area contributed by atoms with Gasteiger partial charge in [-0.15, -0.1) is 0 Å². The summed E-state index contributed by atoms with van der Waals surface area (Å²) >= 11 is 0. The van der Waals surface area contributed by atoms with Gasteiger partial charge in [-0.2, -0.15) is 18.4 Å². The number of ketones is 1. The van der Waals surface area contributed by atoms with Gasteiger partial charge in [0.25, 0.3) is 5.91 Å². The molecule has 0 fully saturated rings. The molecule has 8 nitrogen and oxygen atoms in total. The van der Waals surface area contributed by atoms with Gasteiger partial charge in [0, 0.05) is 17.5 Å². The fraction of sp³-hybridized carbons (Fsp3) is 0.296. The van der Waals surface area contributed by atoms with Gasteiger partial charge in [0.2, 0.25) is 5.84 Å². The van der Waals surface area contributed by atoms with Crippen LogP contribution in [0.1, 0.15) is 60.5 Å². The van der Waals surface area contributed by atoms with E-state index in [0.717, 1.165) is 42.8 Å². The molecule has 1 aliphatic heterocycles. The smallest absolute Gasteiger partial charge is 0.430 e. The molecule has 38 heavy (non-hydrogen) atoms. The molecule has 0 saturated heterocycles. The van der Waals surface area contributed by atoms with E-state index in [4.69, 9.17) is 15.2 Å². The number of carbonyl (C=O) groups is 3. The predicted octanol–water partition coefficient (Wildman–Crippen LogP) is 2.47. The second-order valence-electron chi connectivity index (χ2n) is 8.45. The third-order valence-electron chi connectivity index (χ3n) is 5.43. The third kappa shape index (κ3) is 9.99. The van der Waals surface area contributed by atoms with Crippen LogP contribution in [0, 0.1) is 11.3 Å². The highest BCUT2D eigenvalue weighted by molar-refractivity contribution is 5.98. The number of unbranched alkanes of at least 4 members (excludes halogenated alkanes) is 2. The Balaban J connectivity index is 0.000000638. The van der Waals surface area contributed by atoms with Crippen LogP contribution < -0.4 is 15.7 Å². The summed E-state index contributed by atoms with van der Waals surface area (Å²) in [5.74, 6) is -2.22. The van der Waals surface area contributed by atoms with E-state index in [-0.39, 0.29) is 17.7 Å². The van der Waals surface area contributed by atoms with Crippen LogP contribution in [0.4, 0.5) is 13.2 Å². The molecule has 11 heteroatoms. The Morgan fingerprint density at radius 2 is 1.76 bits per heavy atom. The lowest BCUT2D eigenvalue weighted by Crippen LogP contribution is -2.87. The molecule has 1 aliphatic rings. The summed E-state index contributed by atoms with van der Waals surface area (Å²) in [7, 11) is 0. The largest absolute Gasteiger partial charge is 0.542 e. The van der Waals surface area contributed by atoms with Gasteiger partial charge < -0.3 is 20.0 Å². The van der Waals surface area contributed by atoms with E-state index in [1.807, 2.05) is 41.8 Å². The van der Waals surface area contributed by atoms with E-state index in [9.17, 15) is 22.8 Å². The number of rotatable bonds is 10. The van der Waals surface area contributed by atoms with Crippen LogP contribution in [0.5, 0.6) is 0 Å². The number of aliphatic imine (C=N–C) groups is 1. The average molecular weight is 529 g/mol. The normalized spacial score (nSPS) is 13.2. The number of hydrogen-bond acceptors (Lipinski definition) is 6. The number of hydrogen-bond donors (Lipinski definition) is 2. The van der Waals surface area contributed by atoms with E-state index in [0.29, 0.717) is 17.5 Å². The number of nitriles is 1. The molecule has 3 rings (SSSR count). The number of quaternary nitrogens is 1. The molecule has 0 aliphatic carbocycles. The van der Waals surface area contributed by atoms with Crippen LogP contribution in [-0.2, 0) is 9.59 Å². The summed E-state index contributed by atoms with van der Waals surface area (Å²) in [4.78, 5) is 37.4. The fourth-order valence-corrected chi connectivity index (χ4v) is 3.52. The van der Waals surface area contributed by atoms with Crippen molar-refractivity contribution < 1.29 is 38.0 Å². The van der Waals surface area contributed by atoms with Gasteiger partial charge in [-0.05, 0) is 50.1 Å². The number of amidine groups is 1. The molecular formula is C27H27F3N4O4. The maximum absolute atomic E-state index is 12.9. The third-order valence-corrected chi connectivity index (χ3v) is 5.43. The summed E-state index contributed by atoms with van der Waals surface area (Å²) < 4.78 is 31.5. The first-order chi connectivity index (χ1) is 18.0. The van der Waals surface area contributed by atoms with Crippen LogP contribution >= 0.6 is 0 Å². The number of amides is 1. The predicted molar refractivity (Wildman–Crippen MR) is 131 cm³/mol. The second kappa shape index (κ2) is 14.4. The molecule has 2 aromatic carbocycles. The standard InChI is InChI=1S/C25H26N4O2.C2HF3O2/c1-18(30)9-4-2-7-14-22(29-25(31)21-13-8-10-19(15-21)16-26)24-27-17-23(28-24)20-11-5-3-6-12-20;3-2(4,5)1(6)7/h3,5-6,8,10-13,15,17,22H,2,4,7,9,14H2,1H3,(H,27,28)(H,29,31);(H,6,7)/t22-;/m0./s1. The molecule has 200 valence electrons. The molecule has 1 amide bonds. The number of carbonyl (C=O) groups excluding carboxylic acids is 3. The summed E-state index contributed by atoms with van der Waals surface area (Å²) in [6.45, 7) is 1.61. The van der Waals surface area contributed by atoms with Gasteiger partial charge in [-0.1, -0.05) is 37.1 Å². The molecule has 2 aromatic rings. The van der Waals surface area contributed by atoms with Gasteiger partial charge in [-0.3, -0.25) is 10.1 Å². The van der Waals surface area contributed by atoms with E-state index < -0.39 is 12.1 Å². The highest BCUT2D eigenvalue weighted by atomic mass is 19.4. The fourth-order valence-electron chi connectivity index (χ4n) is 3.52. The Hall–Kier alpha value is -4.30. The minimum Gasteiger partial charge on any atom is -0.542 e. The van der Waals surface area contributed by atoms with Crippen molar-refractivity contribution in [2.45, 2.75) is 51.2 Å². The highest BCUT2D eigenvalue weighted by Crippen LogP contribution is 2.14. The monoisotopic (exact) mass is 528 g/mol. The van der Waals surface area contributed by atoms with Gasteiger partial charge >= 0.3 is 6.18 Å². The first-order valence-corrected chi connectivity index (χ1v) is 11.8. The van der Waals surface area contributed by atoms with Gasteiger partial charge in [0.15, 0.2) is 5.70 Å². The zero-order valence-electron chi connectivity index (χ0n) is 20.6. The van der Waals surface area contributed by atoms with Gasteiger partial charge in [0.1, 0.15) is 17.8 Å². The Bertz CT molecular complexity index is 1230. The number of nitrogens with two attached hydrogens (primary N) is 1. The Labute approximate surface area is 217 Å². The zero-order valence-corrected chi connectivity index (χ0v) is 20.6. The number of benzene rings is 2. The number of nitrogens with one attached hydrogen (secondary N) is 1. The van der Waals surface area contributed by atoms with Crippen LogP contribution in [0.2, 0.25) is 0 Å². The number of alkyl halides is 3. The van der Waals surface area contributed by atoms with Crippen molar-refractivity contribution in [3.63, 3.8) is 0 Å². The van der Waals surface area contributed by atoms with Crippen molar-refractivity contribution in [3.05, 3.63) is 77.5 Å². The molecule has 0 unspecified atom stereocenters. The van der Waals surface area contributed by atoms with Crippen molar-refractivity contribution in [1.82, 2.24) is 5.32 Å². The summed E-state index contributed by atoms with van der Waals surface area (Å²) in [6.07, 6.45) is 0.601. The molecule has 1 atom stereocenters. The van der Waals surface area contributed by atoms with Crippen molar-refractivity contribution in [3.8, 4) is 6.07 Å². The van der Waals surface area contributed by atoms with Crippen LogP contribution in [0.3, 0.4) is 0 Å². The number of halogens is 3. The van der Waals surface area contributed by atoms with Gasteiger partial charge in [0.05, 0.1) is 17.8 Å². The molecule has 0 spiro atoms. The first-order valence-electron chi connectivity index (χ1n) is 11.8. The van der Waals surface area contributed by atoms with E-state index in [1.165, 1.54) is 0 Å². The lowest BCUT2D eigenvalue weighted by atomic mass is 10.0. The summed E-state index contributed by atoms with van der Waals surface area (Å²) in [5.41, 5.74) is 2.99. The van der Waals surface area contributed by atoms with Crippen molar-refractivity contribution in [2.24, 2.45) is 4.99 Å². The lowest BCUT2D eigenvalue weighted by Gasteiger charge is -2.17. The average Bonchev–Trinajstić information content (AvgIpc) is 3.38. The Morgan fingerprint density at radius 1 is 1.08 bits per heavy atom. The Kier molecular flexibility index (Phi) is 11.4. The molecule has 0 aromatic heterocycles. The van der Waals surface area contributed by atoms with Gasteiger partial charge in [-0.25, -0.2) is 4.99 Å². The van der Waals surface area contributed by atoms with E-state index in [1.54, 1.807) is 31.2 Å². The lowest BCUT2D eigenvalue weighted by molar-refractivity contribution is -0.434. The quantitative estimate of drug-likeness (QED) is 0.456. The summed E-state index contributed by atoms with van der Waals surface area (Å²) in [6, 6.07) is 18.5. The zero-order chi connectivity index (χ0) is 28.1. The second-order valence-corrected chi connectivity index (χ2v) is 8.45. The number of nitrogens with zero attached hydrogens (tertiary/aromatic N) is 2. The molecular weight excluding hydrogens is 501 g/mol. The maximum Gasteiger partial charge on any atom is 0.430 e. The van der Waals surface area contributed by atoms with Crippen molar-refractivity contribution >= 4 is 29.2 Å². The summed E-state index contributed by atoms with van der Waals surface area (Å²) in [5, 5.41) is 23.0. The first kappa shape index (κ1) is 29.9. The minimum atomic E-state index is -5.19. The van der Waals surface area contributed by atoms with Crippen LogP contribution in [0.15, 0.2) is 65.8 Å². The number of Topliss-reactive ketones (excluding diaryl/α,β-unsaturated/α-hetero) is 1. The van der Waals surface area contributed by atoms with E-state index >= 15 is 0 Å². The molecule has 1 heterocycles. The number of aliphatic carboxylic acids is 1. The maximum atomic E-state index is 12.9. The Morgan fingerprint density at radius 3 is 2.37 bits per heavy atom. The molecule has 0 radical (unpaired) electrons.